The highest BCUT2D eigenvalue weighted by Crippen LogP contribution is 2.36. The van der Waals surface area contributed by atoms with E-state index < -0.39 is 41.0 Å². The van der Waals surface area contributed by atoms with Crippen LogP contribution in [0.3, 0.4) is 0 Å². The van der Waals surface area contributed by atoms with Gasteiger partial charge in [0.25, 0.3) is 0 Å². The van der Waals surface area contributed by atoms with Gasteiger partial charge in [-0.2, -0.15) is 31.6 Å². The van der Waals surface area contributed by atoms with Crippen LogP contribution in [0.4, 0.5) is 32.0 Å². The first-order valence-electron chi connectivity index (χ1n) is 8.14. The molecule has 1 amide bonds. The van der Waals surface area contributed by atoms with Gasteiger partial charge in [-0.1, -0.05) is 6.92 Å². The summed E-state index contributed by atoms with van der Waals surface area (Å²) < 4.78 is 77.1. The van der Waals surface area contributed by atoms with Crippen molar-refractivity contribution in [1.82, 2.24) is 0 Å². The van der Waals surface area contributed by atoms with Gasteiger partial charge in [0.1, 0.15) is 0 Å². The average Bonchev–Trinajstić information content (AvgIpc) is 2.65. The van der Waals surface area contributed by atoms with Crippen LogP contribution >= 0.6 is 11.8 Å². The number of carbonyl (C=O) groups excluding carboxylic acids is 1. The number of nitrogens with one attached hydrogen (secondary N) is 1. The quantitative estimate of drug-likeness (QED) is 0.468. The third-order valence-electron chi connectivity index (χ3n) is 3.84. The van der Waals surface area contributed by atoms with Crippen molar-refractivity contribution in [3.63, 3.8) is 0 Å². The summed E-state index contributed by atoms with van der Waals surface area (Å²) in [5.41, 5.74) is -2.59. The summed E-state index contributed by atoms with van der Waals surface area (Å²) >= 11 is 1.11. The number of nitrogens with zero attached hydrogens (tertiary/aromatic N) is 1. The van der Waals surface area contributed by atoms with Gasteiger partial charge in [0.2, 0.25) is 5.91 Å². The molecule has 0 fully saturated rings. The molecule has 2 aromatic rings. The minimum absolute atomic E-state index is 0.148. The molecular formula is C19H14F6N2OS. The van der Waals surface area contributed by atoms with Crippen LogP contribution < -0.4 is 5.32 Å². The van der Waals surface area contributed by atoms with Crippen LogP contribution in [0.2, 0.25) is 0 Å². The SMILES string of the molecule is CC(CSc1ccc(C(F)(F)F)cc1)C(=O)Nc1ccc(C#N)cc1C(F)(F)F. The lowest BCUT2D eigenvalue weighted by atomic mass is 10.1. The number of hydrogen-bond donors (Lipinski definition) is 1. The van der Waals surface area contributed by atoms with Gasteiger partial charge in [-0.15, -0.1) is 11.8 Å². The molecule has 0 aliphatic heterocycles. The van der Waals surface area contributed by atoms with Gasteiger partial charge in [0.05, 0.1) is 28.4 Å². The van der Waals surface area contributed by atoms with Crippen LogP contribution in [0.1, 0.15) is 23.6 Å². The van der Waals surface area contributed by atoms with Crippen molar-refractivity contribution in [2.45, 2.75) is 24.2 Å². The van der Waals surface area contributed by atoms with Crippen LogP contribution in [0, 0.1) is 17.2 Å². The van der Waals surface area contributed by atoms with Crippen LogP contribution in [0.25, 0.3) is 0 Å². The first kappa shape index (κ1) is 22.6. The maximum Gasteiger partial charge on any atom is 0.418 e. The summed E-state index contributed by atoms with van der Waals surface area (Å²) in [6, 6.07) is 8.79. The Labute approximate surface area is 166 Å². The molecule has 154 valence electrons. The second kappa shape index (κ2) is 8.78. The van der Waals surface area contributed by atoms with E-state index in [1.165, 1.54) is 19.1 Å². The fourth-order valence-corrected chi connectivity index (χ4v) is 3.17. The minimum atomic E-state index is -4.76. The normalized spacial score (nSPS) is 12.9. The summed E-state index contributed by atoms with van der Waals surface area (Å²) in [5, 5.41) is 11.0. The Kier molecular flexibility index (Phi) is 6.85. The highest BCUT2D eigenvalue weighted by molar-refractivity contribution is 7.99. The van der Waals surface area contributed by atoms with Crippen molar-refractivity contribution in [2.24, 2.45) is 5.92 Å². The third-order valence-corrected chi connectivity index (χ3v) is 5.11. The zero-order chi connectivity index (χ0) is 21.8. The largest absolute Gasteiger partial charge is 0.418 e. The molecule has 0 spiro atoms. The number of hydrogen-bond acceptors (Lipinski definition) is 3. The number of nitriles is 1. The number of amides is 1. The molecule has 0 aromatic heterocycles. The van der Waals surface area contributed by atoms with Crippen LogP contribution in [-0.4, -0.2) is 11.7 Å². The maximum absolute atomic E-state index is 13.2. The van der Waals surface area contributed by atoms with E-state index in [0.717, 1.165) is 36.0 Å². The van der Waals surface area contributed by atoms with Crippen molar-refractivity contribution in [3.8, 4) is 6.07 Å². The summed E-state index contributed by atoms with van der Waals surface area (Å²) in [4.78, 5) is 12.7. The van der Waals surface area contributed by atoms with Crippen molar-refractivity contribution >= 4 is 23.4 Å². The fourth-order valence-electron chi connectivity index (χ4n) is 2.25. The molecule has 10 heteroatoms. The van der Waals surface area contributed by atoms with E-state index >= 15 is 0 Å². The first-order valence-corrected chi connectivity index (χ1v) is 9.12. The molecule has 1 N–H and O–H groups in total. The maximum atomic E-state index is 13.2. The number of carbonyl (C=O) groups is 1. The topological polar surface area (TPSA) is 52.9 Å². The third kappa shape index (κ3) is 6.15. The Balaban J connectivity index is 2.04. The lowest BCUT2D eigenvalue weighted by molar-refractivity contribution is -0.138. The Hall–Kier alpha value is -2.67. The lowest BCUT2D eigenvalue weighted by Gasteiger charge is -2.16. The molecule has 0 radical (unpaired) electrons. The Morgan fingerprint density at radius 1 is 1.07 bits per heavy atom. The number of benzene rings is 2. The predicted molar refractivity (Wildman–Crippen MR) is 96.1 cm³/mol. The molecule has 29 heavy (non-hydrogen) atoms. The van der Waals surface area contributed by atoms with Crippen molar-refractivity contribution in [1.29, 1.82) is 5.26 Å². The molecule has 2 aromatic carbocycles. The Bertz CT molecular complexity index is 916. The van der Waals surface area contributed by atoms with Crippen LogP contribution in [0.5, 0.6) is 0 Å². The van der Waals surface area contributed by atoms with Crippen molar-refractivity contribution in [3.05, 3.63) is 59.2 Å². The highest BCUT2D eigenvalue weighted by atomic mass is 32.2. The second-order valence-corrected chi connectivity index (χ2v) is 7.19. The molecule has 0 aliphatic carbocycles. The molecule has 0 saturated carbocycles. The monoisotopic (exact) mass is 432 g/mol. The smallest absolute Gasteiger partial charge is 0.325 e. The van der Waals surface area contributed by atoms with Gasteiger partial charge in [-0.3, -0.25) is 4.79 Å². The number of anilines is 1. The van der Waals surface area contributed by atoms with E-state index in [2.05, 4.69) is 5.32 Å². The molecule has 0 bridgehead atoms. The van der Waals surface area contributed by atoms with Gasteiger partial charge in [-0.25, -0.2) is 0 Å². The zero-order valence-electron chi connectivity index (χ0n) is 14.9. The van der Waals surface area contributed by atoms with Gasteiger partial charge in [-0.05, 0) is 42.5 Å². The number of alkyl halides is 6. The molecule has 0 saturated heterocycles. The van der Waals surface area contributed by atoms with Crippen LogP contribution in [0.15, 0.2) is 47.4 Å². The van der Waals surface area contributed by atoms with E-state index in [9.17, 15) is 31.1 Å². The van der Waals surface area contributed by atoms with Gasteiger partial charge in [0, 0.05) is 16.6 Å². The minimum Gasteiger partial charge on any atom is -0.325 e. The van der Waals surface area contributed by atoms with E-state index in [4.69, 9.17) is 5.26 Å². The molecule has 1 atom stereocenters. The summed E-state index contributed by atoms with van der Waals surface area (Å²) in [5.74, 6) is -1.26. The lowest BCUT2D eigenvalue weighted by Crippen LogP contribution is -2.24. The second-order valence-electron chi connectivity index (χ2n) is 6.09. The standard InChI is InChI=1S/C19H14F6N2OS/c1-11(10-29-14-5-3-13(4-6-14)18(20,21)22)17(28)27-16-7-2-12(9-26)8-15(16)19(23,24)25/h2-8,11H,10H2,1H3,(H,27,28). The molecule has 2 rings (SSSR count). The average molecular weight is 432 g/mol. The van der Waals surface area contributed by atoms with E-state index in [0.29, 0.717) is 11.0 Å². The molecule has 0 heterocycles. The van der Waals surface area contributed by atoms with Crippen LogP contribution in [-0.2, 0) is 17.1 Å². The molecule has 3 nitrogen and oxygen atoms in total. The summed E-state index contributed by atoms with van der Waals surface area (Å²) in [7, 11) is 0. The first-order chi connectivity index (χ1) is 13.4. The number of halogens is 6. The predicted octanol–water partition coefficient (Wildman–Crippen LogP) is 5.96. The van der Waals surface area contributed by atoms with Gasteiger partial charge < -0.3 is 5.32 Å². The van der Waals surface area contributed by atoms with E-state index in [1.54, 1.807) is 6.07 Å². The Morgan fingerprint density at radius 2 is 1.69 bits per heavy atom. The van der Waals surface area contributed by atoms with Crippen molar-refractivity contribution < 1.29 is 31.1 Å². The molecule has 0 aliphatic rings. The van der Waals surface area contributed by atoms with E-state index in [-0.39, 0.29) is 11.3 Å². The van der Waals surface area contributed by atoms with Crippen molar-refractivity contribution in [2.75, 3.05) is 11.1 Å². The fraction of sp³-hybridized carbons (Fsp3) is 0.263. The Morgan fingerprint density at radius 3 is 2.21 bits per heavy atom. The van der Waals surface area contributed by atoms with E-state index in [1.807, 2.05) is 0 Å². The van der Waals surface area contributed by atoms with Gasteiger partial charge >= 0.3 is 12.4 Å². The zero-order valence-corrected chi connectivity index (χ0v) is 15.7. The number of thioether (sulfide) groups is 1. The summed E-state index contributed by atoms with van der Waals surface area (Å²) in [6.45, 7) is 1.49. The number of rotatable bonds is 5. The molecule has 1 unspecified atom stereocenters. The van der Waals surface area contributed by atoms with Gasteiger partial charge in [0.15, 0.2) is 0 Å². The summed E-state index contributed by atoms with van der Waals surface area (Å²) in [6.07, 6.45) is -9.21. The highest BCUT2D eigenvalue weighted by Gasteiger charge is 2.34. The molecular weight excluding hydrogens is 418 g/mol.